The molecule has 0 aliphatic rings. The topological polar surface area (TPSA) is 48.7 Å². The van der Waals surface area contributed by atoms with Gasteiger partial charge in [0.05, 0.1) is 13.2 Å². The normalized spacial score (nSPS) is 13.2. The minimum absolute atomic E-state index is 0.231. The molecule has 1 heterocycles. The summed E-state index contributed by atoms with van der Waals surface area (Å²) >= 11 is 0. The highest BCUT2D eigenvalue weighted by Gasteiger charge is 2.40. The summed E-state index contributed by atoms with van der Waals surface area (Å²) in [4.78, 5) is 0. The molecule has 0 spiro atoms. The third-order valence-electron chi connectivity index (χ3n) is 3.83. The molecule has 1 atom stereocenters. The highest BCUT2D eigenvalue weighted by molar-refractivity contribution is 7.54. The van der Waals surface area contributed by atoms with E-state index in [4.69, 9.17) is 13.5 Å². The van der Waals surface area contributed by atoms with Gasteiger partial charge in [-0.3, -0.25) is 4.57 Å². The summed E-state index contributed by atoms with van der Waals surface area (Å²) in [6.45, 7) is 3.97. The van der Waals surface area contributed by atoms with Gasteiger partial charge in [0.25, 0.3) is 0 Å². The number of rotatable bonds is 7. The van der Waals surface area contributed by atoms with Crippen LogP contribution in [0.2, 0.25) is 0 Å². The van der Waals surface area contributed by atoms with Crippen LogP contribution in [0.1, 0.15) is 30.8 Å². The molecule has 4 nitrogen and oxygen atoms in total. The molecule has 0 saturated carbocycles. The second kappa shape index (κ2) is 7.52. The van der Waals surface area contributed by atoms with Crippen LogP contribution in [0.15, 0.2) is 59.0 Å². The van der Waals surface area contributed by atoms with E-state index in [1.807, 2.05) is 30.3 Å². The van der Waals surface area contributed by atoms with Gasteiger partial charge in [-0.05, 0) is 43.7 Å². The first-order valence-corrected chi connectivity index (χ1v) is 9.81. The Hall–Kier alpha value is -1.94. The van der Waals surface area contributed by atoms with Crippen LogP contribution in [0.4, 0.5) is 4.39 Å². The van der Waals surface area contributed by atoms with Gasteiger partial charge in [0.2, 0.25) is 0 Å². The Balaban J connectivity index is 2.16. The smallest absolute Gasteiger partial charge is 0.345 e. The number of para-hydroxylation sites is 1. The molecule has 2 aromatic carbocycles. The Kier molecular flexibility index (Phi) is 5.38. The van der Waals surface area contributed by atoms with Gasteiger partial charge in [0.1, 0.15) is 22.8 Å². The molecule has 0 aliphatic heterocycles. The minimum Gasteiger partial charge on any atom is -0.460 e. The van der Waals surface area contributed by atoms with Gasteiger partial charge in [-0.15, -0.1) is 0 Å². The zero-order valence-electron chi connectivity index (χ0n) is 14.1. The molecule has 25 heavy (non-hydrogen) atoms. The third kappa shape index (κ3) is 3.69. The minimum atomic E-state index is -3.56. The van der Waals surface area contributed by atoms with Crippen LogP contribution in [0.25, 0.3) is 11.0 Å². The molecule has 3 aromatic rings. The fourth-order valence-corrected chi connectivity index (χ4v) is 4.90. The van der Waals surface area contributed by atoms with E-state index < -0.39 is 13.3 Å². The van der Waals surface area contributed by atoms with Crippen molar-refractivity contribution in [3.8, 4) is 0 Å². The highest BCUT2D eigenvalue weighted by Crippen LogP contribution is 2.64. The molecule has 0 N–H and O–H groups in total. The summed E-state index contributed by atoms with van der Waals surface area (Å²) < 4.78 is 43.9. The average Bonchev–Trinajstić information content (AvgIpc) is 3.00. The number of hydrogen-bond donors (Lipinski definition) is 0. The molecule has 0 saturated heterocycles. The van der Waals surface area contributed by atoms with Crippen molar-refractivity contribution < 1.29 is 22.4 Å². The van der Waals surface area contributed by atoms with E-state index in [-0.39, 0.29) is 19.0 Å². The van der Waals surface area contributed by atoms with Gasteiger partial charge in [0.15, 0.2) is 0 Å². The van der Waals surface area contributed by atoms with E-state index in [1.54, 1.807) is 26.0 Å². The fraction of sp³-hybridized carbons (Fsp3) is 0.263. The predicted octanol–water partition coefficient (Wildman–Crippen LogP) is 5.93. The number of benzene rings is 2. The molecular weight excluding hydrogens is 342 g/mol. The molecule has 1 unspecified atom stereocenters. The molecular formula is C19H20FO4P. The lowest BCUT2D eigenvalue weighted by atomic mass is 10.1. The van der Waals surface area contributed by atoms with Gasteiger partial charge < -0.3 is 13.5 Å². The van der Waals surface area contributed by atoms with Gasteiger partial charge in [0, 0.05) is 5.39 Å². The van der Waals surface area contributed by atoms with Gasteiger partial charge >= 0.3 is 7.60 Å². The Morgan fingerprint density at radius 3 is 2.28 bits per heavy atom. The lowest BCUT2D eigenvalue weighted by Gasteiger charge is -2.25. The van der Waals surface area contributed by atoms with Crippen LogP contribution in [0, 0.1) is 5.82 Å². The maximum Gasteiger partial charge on any atom is 0.345 e. The molecule has 1 aromatic heterocycles. The van der Waals surface area contributed by atoms with E-state index in [1.165, 1.54) is 12.1 Å². The summed E-state index contributed by atoms with van der Waals surface area (Å²) in [5.74, 6) is 0.104. The van der Waals surface area contributed by atoms with E-state index in [0.29, 0.717) is 16.9 Å². The molecule has 0 fully saturated rings. The largest absolute Gasteiger partial charge is 0.460 e. The van der Waals surface area contributed by atoms with Crippen molar-refractivity contribution >= 4 is 18.6 Å². The summed E-state index contributed by atoms with van der Waals surface area (Å²) in [5, 5.41) is 0.893. The summed E-state index contributed by atoms with van der Waals surface area (Å²) in [7, 11) is -3.56. The van der Waals surface area contributed by atoms with E-state index >= 15 is 0 Å². The third-order valence-corrected chi connectivity index (χ3v) is 6.26. The van der Waals surface area contributed by atoms with Crippen LogP contribution in [-0.2, 0) is 13.6 Å². The lowest BCUT2D eigenvalue weighted by Crippen LogP contribution is -2.08. The first-order chi connectivity index (χ1) is 12.1. The van der Waals surface area contributed by atoms with Gasteiger partial charge in [-0.2, -0.15) is 0 Å². The van der Waals surface area contributed by atoms with E-state index in [9.17, 15) is 8.96 Å². The Morgan fingerprint density at radius 2 is 1.68 bits per heavy atom. The maximum atomic E-state index is 13.5. The SMILES string of the molecule is CCOP(=O)(OCC)C(c1ccc(F)cc1)c1cc2ccccc2o1. The average molecular weight is 362 g/mol. The van der Waals surface area contributed by atoms with Crippen LogP contribution >= 0.6 is 7.60 Å². The van der Waals surface area contributed by atoms with Gasteiger partial charge in [-0.1, -0.05) is 30.3 Å². The highest BCUT2D eigenvalue weighted by atomic mass is 31.2. The first-order valence-electron chi connectivity index (χ1n) is 8.20. The van der Waals surface area contributed by atoms with Crippen molar-refractivity contribution in [1.29, 1.82) is 0 Å². The molecule has 0 aliphatic carbocycles. The molecule has 0 amide bonds. The molecule has 0 radical (unpaired) electrons. The van der Waals surface area contributed by atoms with Crippen LogP contribution in [0.3, 0.4) is 0 Å². The molecule has 6 heteroatoms. The maximum absolute atomic E-state index is 13.5. The number of fused-ring (bicyclic) bond motifs is 1. The molecule has 3 rings (SSSR count). The standard InChI is InChI=1S/C19H20FO4P/c1-3-22-25(21,23-4-2)19(14-9-11-16(20)12-10-14)18-13-15-7-5-6-8-17(15)24-18/h5-13,19H,3-4H2,1-2H3. The summed E-state index contributed by atoms with van der Waals surface area (Å²) in [6.07, 6.45) is 0. The zero-order chi connectivity index (χ0) is 17.9. The summed E-state index contributed by atoms with van der Waals surface area (Å²) in [6, 6.07) is 15.2. The van der Waals surface area contributed by atoms with Crippen LogP contribution in [0.5, 0.6) is 0 Å². The monoisotopic (exact) mass is 362 g/mol. The van der Waals surface area contributed by atoms with Crippen molar-refractivity contribution in [1.82, 2.24) is 0 Å². The molecule has 0 bridgehead atoms. The van der Waals surface area contributed by atoms with Crippen molar-refractivity contribution in [3.05, 3.63) is 71.7 Å². The van der Waals surface area contributed by atoms with Crippen molar-refractivity contribution in [3.63, 3.8) is 0 Å². The Morgan fingerprint density at radius 1 is 1.04 bits per heavy atom. The van der Waals surface area contributed by atoms with Gasteiger partial charge in [-0.25, -0.2) is 4.39 Å². The number of hydrogen-bond acceptors (Lipinski definition) is 4. The van der Waals surface area contributed by atoms with Crippen molar-refractivity contribution in [2.24, 2.45) is 0 Å². The predicted molar refractivity (Wildman–Crippen MR) is 95.3 cm³/mol. The number of furan rings is 1. The van der Waals surface area contributed by atoms with Crippen molar-refractivity contribution in [2.45, 2.75) is 19.5 Å². The summed E-state index contributed by atoms with van der Waals surface area (Å²) in [5.41, 5.74) is 0.537. The van der Waals surface area contributed by atoms with E-state index in [0.717, 1.165) is 5.39 Å². The Bertz CT molecular complexity index is 845. The zero-order valence-corrected chi connectivity index (χ0v) is 15.0. The second-order valence-corrected chi connectivity index (χ2v) is 7.63. The quantitative estimate of drug-likeness (QED) is 0.489. The Labute approximate surface area is 146 Å². The lowest BCUT2D eigenvalue weighted by molar-refractivity contribution is 0.213. The first kappa shape index (κ1) is 17.9. The fourth-order valence-electron chi connectivity index (χ4n) is 2.83. The molecule has 132 valence electrons. The van der Waals surface area contributed by atoms with Crippen LogP contribution < -0.4 is 0 Å². The van der Waals surface area contributed by atoms with E-state index in [2.05, 4.69) is 0 Å². The van der Waals surface area contributed by atoms with Crippen molar-refractivity contribution in [2.75, 3.05) is 13.2 Å². The van der Waals surface area contributed by atoms with Crippen LogP contribution in [-0.4, -0.2) is 13.2 Å². The number of halogens is 1. The second-order valence-electron chi connectivity index (χ2n) is 5.52.